The van der Waals surface area contributed by atoms with Gasteiger partial charge in [0.1, 0.15) is 12.3 Å². The van der Waals surface area contributed by atoms with Gasteiger partial charge in [-0.2, -0.15) is 4.31 Å². The predicted molar refractivity (Wildman–Crippen MR) is 115 cm³/mol. The Balaban J connectivity index is 1.37. The number of carbonyl (C=O) groups excluding carboxylic acids is 1. The second-order valence-corrected chi connectivity index (χ2v) is 9.63. The van der Waals surface area contributed by atoms with Crippen LogP contribution in [0.4, 0.5) is 0 Å². The molecule has 31 heavy (non-hydrogen) atoms. The van der Waals surface area contributed by atoms with Gasteiger partial charge < -0.3 is 9.26 Å². The quantitative estimate of drug-likeness (QED) is 0.502. The predicted octanol–water partition coefficient (Wildman–Crippen LogP) is 4.53. The van der Waals surface area contributed by atoms with E-state index in [0.29, 0.717) is 29.6 Å². The number of rotatable bonds is 6. The SMILES string of the molecule is O=C(OCc1cc(-c2ccc(Cl)cc2)on1)c1ccc(S(=O)(=O)N2CCCCC2)cc1. The average Bonchev–Trinajstić information content (AvgIpc) is 3.28. The minimum absolute atomic E-state index is 0.0657. The van der Waals surface area contributed by atoms with Crippen molar-refractivity contribution in [3.05, 3.63) is 70.9 Å². The Labute approximate surface area is 185 Å². The molecule has 0 radical (unpaired) electrons. The van der Waals surface area contributed by atoms with Gasteiger partial charge in [-0.1, -0.05) is 23.2 Å². The van der Waals surface area contributed by atoms with E-state index >= 15 is 0 Å². The third kappa shape index (κ3) is 4.98. The number of benzene rings is 2. The summed E-state index contributed by atoms with van der Waals surface area (Å²) < 4.78 is 37.5. The minimum Gasteiger partial charge on any atom is -0.455 e. The first-order chi connectivity index (χ1) is 14.9. The van der Waals surface area contributed by atoms with Crippen LogP contribution in [0.15, 0.2) is 64.0 Å². The number of ether oxygens (including phenoxy) is 1. The fourth-order valence-electron chi connectivity index (χ4n) is 3.37. The molecule has 0 atom stereocenters. The van der Waals surface area contributed by atoms with Crippen LogP contribution >= 0.6 is 11.6 Å². The highest BCUT2D eigenvalue weighted by molar-refractivity contribution is 7.89. The van der Waals surface area contributed by atoms with Gasteiger partial charge in [-0.3, -0.25) is 0 Å². The standard InChI is InChI=1S/C22H21ClN2O5S/c23-18-8-4-16(5-9-18)21-14-19(24-30-21)15-29-22(26)17-6-10-20(11-7-17)31(27,28)25-12-2-1-3-13-25/h4-11,14H,1-3,12-13,15H2. The smallest absolute Gasteiger partial charge is 0.338 e. The van der Waals surface area contributed by atoms with E-state index in [4.69, 9.17) is 20.9 Å². The lowest BCUT2D eigenvalue weighted by molar-refractivity contribution is 0.0464. The summed E-state index contributed by atoms with van der Waals surface area (Å²) in [6, 6.07) is 14.6. The molecule has 1 aliphatic rings. The molecule has 1 aliphatic heterocycles. The maximum Gasteiger partial charge on any atom is 0.338 e. The molecule has 0 unspecified atom stereocenters. The summed E-state index contributed by atoms with van der Waals surface area (Å²) in [6.45, 7) is 0.993. The van der Waals surface area contributed by atoms with Crippen molar-refractivity contribution < 1.29 is 22.5 Å². The summed E-state index contributed by atoms with van der Waals surface area (Å²) in [5.41, 5.74) is 1.53. The number of esters is 1. The van der Waals surface area contributed by atoms with Gasteiger partial charge in [0, 0.05) is 29.7 Å². The van der Waals surface area contributed by atoms with Crippen LogP contribution < -0.4 is 0 Å². The van der Waals surface area contributed by atoms with Crippen LogP contribution in [-0.4, -0.2) is 36.9 Å². The molecule has 0 saturated carbocycles. The summed E-state index contributed by atoms with van der Waals surface area (Å²) in [5, 5.41) is 4.53. The molecule has 4 rings (SSSR count). The Kier molecular flexibility index (Phi) is 6.41. The number of sulfonamides is 1. The van der Waals surface area contributed by atoms with Crippen LogP contribution in [0, 0.1) is 0 Å². The zero-order valence-corrected chi connectivity index (χ0v) is 18.2. The van der Waals surface area contributed by atoms with Crippen molar-refractivity contribution in [1.82, 2.24) is 9.46 Å². The van der Waals surface area contributed by atoms with E-state index in [1.54, 1.807) is 30.3 Å². The molecular formula is C22H21ClN2O5S. The monoisotopic (exact) mass is 460 g/mol. The van der Waals surface area contributed by atoms with E-state index < -0.39 is 16.0 Å². The van der Waals surface area contributed by atoms with Crippen LogP contribution in [0.25, 0.3) is 11.3 Å². The van der Waals surface area contributed by atoms with Crippen LogP contribution in [0.5, 0.6) is 0 Å². The van der Waals surface area contributed by atoms with Crippen molar-refractivity contribution in [1.29, 1.82) is 0 Å². The van der Waals surface area contributed by atoms with Crippen LogP contribution in [-0.2, 0) is 21.4 Å². The van der Waals surface area contributed by atoms with E-state index in [2.05, 4.69) is 5.16 Å². The highest BCUT2D eigenvalue weighted by Gasteiger charge is 2.26. The zero-order chi connectivity index (χ0) is 21.8. The Morgan fingerprint density at radius 1 is 1.03 bits per heavy atom. The molecular weight excluding hydrogens is 440 g/mol. The largest absolute Gasteiger partial charge is 0.455 e. The second-order valence-electron chi connectivity index (χ2n) is 7.25. The first-order valence-corrected chi connectivity index (χ1v) is 11.7. The van der Waals surface area contributed by atoms with Gasteiger partial charge in [0.25, 0.3) is 0 Å². The Bertz CT molecular complexity index is 1150. The van der Waals surface area contributed by atoms with Gasteiger partial charge in [-0.25, -0.2) is 13.2 Å². The second kappa shape index (κ2) is 9.21. The molecule has 1 saturated heterocycles. The number of halogens is 1. The number of hydrogen-bond donors (Lipinski definition) is 0. The van der Waals surface area contributed by atoms with Crippen molar-refractivity contribution in [2.45, 2.75) is 30.8 Å². The van der Waals surface area contributed by atoms with E-state index in [1.165, 1.54) is 28.6 Å². The third-order valence-electron chi connectivity index (χ3n) is 5.08. The molecule has 0 aliphatic carbocycles. The third-order valence-corrected chi connectivity index (χ3v) is 7.25. The highest BCUT2D eigenvalue weighted by Crippen LogP contribution is 2.23. The topological polar surface area (TPSA) is 89.7 Å². The average molecular weight is 461 g/mol. The number of piperidine rings is 1. The molecule has 0 spiro atoms. The summed E-state index contributed by atoms with van der Waals surface area (Å²) >= 11 is 5.88. The van der Waals surface area contributed by atoms with Crippen molar-refractivity contribution in [2.75, 3.05) is 13.1 Å². The summed E-state index contributed by atoms with van der Waals surface area (Å²) in [5.74, 6) is -0.0343. The minimum atomic E-state index is -3.54. The van der Waals surface area contributed by atoms with Crippen LogP contribution in [0.3, 0.4) is 0 Å². The summed E-state index contributed by atoms with van der Waals surface area (Å²) in [7, 11) is -3.54. The molecule has 1 fully saturated rings. The van der Waals surface area contributed by atoms with Gasteiger partial charge in [-0.05, 0) is 61.4 Å². The molecule has 2 heterocycles. The molecule has 162 valence electrons. The summed E-state index contributed by atoms with van der Waals surface area (Å²) in [6.07, 6.45) is 2.78. The molecule has 0 N–H and O–H groups in total. The zero-order valence-electron chi connectivity index (χ0n) is 16.7. The van der Waals surface area contributed by atoms with Gasteiger partial charge >= 0.3 is 5.97 Å². The van der Waals surface area contributed by atoms with Crippen molar-refractivity contribution in [2.24, 2.45) is 0 Å². The van der Waals surface area contributed by atoms with Crippen molar-refractivity contribution in [3.8, 4) is 11.3 Å². The first-order valence-electron chi connectivity index (χ1n) is 9.92. The molecule has 2 aromatic carbocycles. The van der Waals surface area contributed by atoms with E-state index in [-0.39, 0.29) is 17.1 Å². The number of nitrogens with zero attached hydrogens (tertiary/aromatic N) is 2. The van der Waals surface area contributed by atoms with Gasteiger partial charge in [0.2, 0.25) is 10.0 Å². The summed E-state index contributed by atoms with van der Waals surface area (Å²) in [4.78, 5) is 12.5. The highest BCUT2D eigenvalue weighted by atomic mass is 35.5. The Morgan fingerprint density at radius 2 is 1.71 bits per heavy atom. The normalized spacial score (nSPS) is 15.0. The van der Waals surface area contributed by atoms with Crippen molar-refractivity contribution in [3.63, 3.8) is 0 Å². The number of aromatic nitrogens is 1. The fourth-order valence-corrected chi connectivity index (χ4v) is 5.01. The fraction of sp³-hybridized carbons (Fsp3) is 0.273. The van der Waals surface area contributed by atoms with Gasteiger partial charge in [0.15, 0.2) is 5.76 Å². The lowest BCUT2D eigenvalue weighted by atomic mass is 10.2. The van der Waals surface area contributed by atoms with Gasteiger partial charge in [-0.15, -0.1) is 0 Å². The molecule has 3 aromatic rings. The Morgan fingerprint density at radius 3 is 2.39 bits per heavy atom. The maximum atomic E-state index is 12.7. The molecule has 9 heteroatoms. The maximum absolute atomic E-state index is 12.7. The Hall–Kier alpha value is -2.68. The molecule has 0 bridgehead atoms. The lowest BCUT2D eigenvalue weighted by Gasteiger charge is -2.25. The molecule has 0 amide bonds. The lowest BCUT2D eigenvalue weighted by Crippen LogP contribution is -2.35. The van der Waals surface area contributed by atoms with Crippen LogP contribution in [0.1, 0.15) is 35.3 Å². The van der Waals surface area contributed by atoms with Gasteiger partial charge in [0.05, 0.1) is 10.5 Å². The number of hydrogen-bond acceptors (Lipinski definition) is 6. The number of carbonyl (C=O) groups is 1. The first kappa shape index (κ1) is 21.5. The molecule has 1 aromatic heterocycles. The van der Waals surface area contributed by atoms with E-state index in [9.17, 15) is 13.2 Å². The molecule has 7 nitrogen and oxygen atoms in total. The van der Waals surface area contributed by atoms with Crippen molar-refractivity contribution >= 4 is 27.6 Å². The van der Waals surface area contributed by atoms with Crippen LogP contribution in [0.2, 0.25) is 5.02 Å². The van der Waals surface area contributed by atoms with E-state index in [1.807, 2.05) is 0 Å². The van der Waals surface area contributed by atoms with E-state index in [0.717, 1.165) is 24.8 Å².